The van der Waals surface area contributed by atoms with Crippen molar-refractivity contribution in [3.05, 3.63) is 34.9 Å². The van der Waals surface area contributed by atoms with Crippen LogP contribution >= 0.6 is 12.2 Å². The van der Waals surface area contributed by atoms with Crippen LogP contribution in [0.4, 0.5) is 13.2 Å². The second-order valence-corrected chi connectivity index (χ2v) is 6.02. The number of ether oxygens (including phenoxy) is 1. The van der Waals surface area contributed by atoms with Gasteiger partial charge in [-0.25, -0.2) is 4.79 Å². The molecule has 1 aromatic carbocycles. The van der Waals surface area contributed by atoms with Gasteiger partial charge in [-0.3, -0.25) is 0 Å². The molecule has 1 unspecified atom stereocenters. The van der Waals surface area contributed by atoms with Gasteiger partial charge in [0.1, 0.15) is 11.0 Å². The molecule has 134 valence electrons. The fraction of sp³-hybridized carbons (Fsp3) is 0.444. The molecule has 0 aromatic heterocycles. The fourth-order valence-electron chi connectivity index (χ4n) is 2.48. The molecule has 0 radical (unpaired) electrons. The predicted octanol–water partition coefficient (Wildman–Crippen LogP) is 3.78. The minimum Gasteiger partial charge on any atom is -0.467 e. The third-order valence-electron chi connectivity index (χ3n) is 3.92. The Hall–Kier alpha value is -2.07. The number of halogens is 3. The second kappa shape index (κ2) is 7.87. The van der Waals surface area contributed by atoms with Crippen LogP contribution < -0.4 is 0 Å². The van der Waals surface area contributed by atoms with Crippen LogP contribution in [0.1, 0.15) is 42.9 Å². The molecular weight excluding hydrogens is 351 g/mol. The molecule has 1 heterocycles. The summed E-state index contributed by atoms with van der Waals surface area (Å²) in [6.07, 6.45) is -2.65. The van der Waals surface area contributed by atoms with Gasteiger partial charge in [0.05, 0.1) is 12.7 Å². The number of esters is 1. The summed E-state index contributed by atoms with van der Waals surface area (Å²) in [5.74, 6) is 4.87. The van der Waals surface area contributed by atoms with Crippen LogP contribution in [0.3, 0.4) is 0 Å². The highest BCUT2D eigenvalue weighted by molar-refractivity contribution is 7.80. The van der Waals surface area contributed by atoms with E-state index in [1.165, 1.54) is 19.2 Å². The lowest BCUT2D eigenvalue weighted by Gasteiger charge is -2.40. The van der Waals surface area contributed by atoms with Crippen LogP contribution in [0, 0.1) is 11.8 Å². The van der Waals surface area contributed by atoms with E-state index in [1.54, 1.807) is 4.90 Å². The number of carbonyl (C=O) groups excluding carboxylic acids is 1. The van der Waals surface area contributed by atoms with Crippen molar-refractivity contribution in [3.63, 3.8) is 0 Å². The molecule has 1 saturated heterocycles. The molecule has 2 rings (SSSR count). The largest absolute Gasteiger partial charge is 0.467 e. The zero-order valence-corrected chi connectivity index (χ0v) is 14.8. The summed E-state index contributed by atoms with van der Waals surface area (Å²) in [6.45, 7) is 2.42. The number of unbranched alkanes of at least 4 members (excludes halogenated alkanes) is 1. The Labute approximate surface area is 150 Å². The molecule has 0 amide bonds. The zero-order chi connectivity index (χ0) is 18.6. The highest BCUT2D eigenvalue weighted by atomic mass is 32.1. The molecule has 0 spiro atoms. The maximum atomic E-state index is 13.4. The highest BCUT2D eigenvalue weighted by Crippen LogP contribution is 2.33. The molecule has 3 nitrogen and oxygen atoms in total. The van der Waals surface area contributed by atoms with Gasteiger partial charge in [-0.05, 0) is 25.0 Å². The van der Waals surface area contributed by atoms with Gasteiger partial charge in [-0.1, -0.05) is 37.0 Å². The zero-order valence-electron chi connectivity index (χ0n) is 13.9. The van der Waals surface area contributed by atoms with E-state index in [0.717, 1.165) is 12.5 Å². The SMILES string of the molecule is CCCC#Cc1ccc(C(=S)N2CCC2C(=O)OC)cc1C(F)(F)F. The fourth-order valence-corrected chi connectivity index (χ4v) is 2.83. The first-order valence-corrected chi connectivity index (χ1v) is 8.29. The lowest BCUT2D eigenvalue weighted by Crippen LogP contribution is -2.55. The molecule has 0 saturated carbocycles. The maximum absolute atomic E-state index is 13.4. The number of carbonyl (C=O) groups is 1. The Morgan fingerprint density at radius 3 is 2.68 bits per heavy atom. The number of methoxy groups -OCH3 is 1. The van der Waals surface area contributed by atoms with Gasteiger partial charge in [0, 0.05) is 24.1 Å². The molecule has 0 bridgehead atoms. The summed E-state index contributed by atoms with van der Waals surface area (Å²) in [6, 6.07) is 3.32. The number of hydrogen-bond acceptors (Lipinski definition) is 3. The molecule has 1 aliphatic heterocycles. The van der Waals surface area contributed by atoms with Crippen molar-refractivity contribution in [1.82, 2.24) is 4.90 Å². The summed E-state index contributed by atoms with van der Waals surface area (Å²) in [4.78, 5) is 13.4. The van der Waals surface area contributed by atoms with Crippen molar-refractivity contribution in [2.24, 2.45) is 0 Å². The lowest BCUT2D eigenvalue weighted by atomic mass is 9.99. The van der Waals surface area contributed by atoms with Gasteiger partial charge in [0.15, 0.2) is 0 Å². The molecule has 1 fully saturated rings. The Balaban J connectivity index is 2.32. The maximum Gasteiger partial charge on any atom is 0.417 e. The molecule has 1 aliphatic rings. The normalized spacial score (nSPS) is 16.5. The number of hydrogen-bond donors (Lipinski definition) is 0. The summed E-state index contributed by atoms with van der Waals surface area (Å²) in [5, 5.41) is 0. The highest BCUT2D eigenvalue weighted by Gasteiger charge is 2.38. The number of rotatable bonds is 3. The summed E-state index contributed by atoms with van der Waals surface area (Å²) in [5.41, 5.74) is -0.635. The average molecular weight is 369 g/mol. The minimum atomic E-state index is -4.53. The molecule has 1 atom stereocenters. The third-order valence-corrected chi connectivity index (χ3v) is 4.39. The van der Waals surface area contributed by atoms with Crippen LogP contribution in [0.15, 0.2) is 18.2 Å². The van der Waals surface area contributed by atoms with E-state index in [1.807, 2.05) is 6.92 Å². The van der Waals surface area contributed by atoms with E-state index in [4.69, 9.17) is 12.2 Å². The average Bonchev–Trinajstić information content (AvgIpc) is 2.53. The van der Waals surface area contributed by atoms with Crippen LogP contribution in [-0.4, -0.2) is 35.6 Å². The van der Waals surface area contributed by atoms with Crippen molar-refractivity contribution in [1.29, 1.82) is 0 Å². The standard InChI is InChI=1S/C18H18F3NO2S/c1-3-4-5-6-12-7-8-13(11-14(12)18(19,20)21)16(25)22-10-9-15(22)17(23)24-2/h7-8,11,15H,3-4,9-10H2,1-2H3. The quantitative estimate of drug-likeness (QED) is 0.461. The minimum absolute atomic E-state index is 0.0689. The Bertz CT molecular complexity index is 734. The van der Waals surface area contributed by atoms with E-state index in [0.29, 0.717) is 19.4 Å². The van der Waals surface area contributed by atoms with Gasteiger partial charge in [-0.2, -0.15) is 13.2 Å². The Morgan fingerprint density at radius 2 is 2.16 bits per heavy atom. The van der Waals surface area contributed by atoms with Crippen molar-refractivity contribution in [2.75, 3.05) is 13.7 Å². The number of alkyl halides is 3. The van der Waals surface area contributed by atoms with Gasteiger partial charge in [0.25, 0.3) is 0 Å². The summed E-state index contributed by atoms with van der Waals surface area (Å²) < 4.78 is 44.8. The first-order valence-electron chi connectivity index (χ1n) is 7.88. The Morgan fingerprint density at radius 1 is 1.44 bits per heavy atom. The third kappa shape index (κ3) is 4.31. The van der Waals surface area contributed by atoms with E-state index in [9.17, 15) is 18.0 Å². The number of benzene rings is 1. The number of likely N-dealkylation sites (tertiary alicyclic amines) is 1. The van der Waals surface area contributed by atoms with Gasteiger partial charge >= 0.3 is 12.1 Å². The van der Waals surface area contributed by atoms with Crippen LogP contribution in [-0.2, 0) is 15.7 Å². The smallest absolute Gasteiger partial charge is 0.417 e. The topological polar surface area (TPSA) is 29.5 Å². The van der Waals surface area contributed by atoms with E-state index in [-0.39, 0.29) is 16.1 Å². The number of nitrogens with zero attached hydrogens (tertiary/aromatic N) is 1. The first-order chi connectivity index (χ1) is 11.8. The molecule has 0 aliphatic carbocycles. The predicted molar refractivity (Wildman–Crippen MR) is 92.1 cm³/mol. The van der Waals surface area contributed by atoms with Crippen LogP contribution in [0.2, 0.25) is 0 Å². The molecule has 1 aromatic rings. The molecule has 25 heavy (non-hydrogen) atoms. The van der Waals surface area contributed by atoms with Crippen molar-refractivity contribution < 1.29 is 22.7 Å². The summed E-state index contributed by atoms with van der Waals surface area (Å²) in [7, 11) is 1.27. The van der Waals surface area contributed by atoms with E-state index >= 15 is 0 Å². The van der Waals surface area contributed by atoms with Crippen LogP contribution in [0.5, 0.6) is 0 Å². The van der Waals surface area contributed by atoms with Gasteiger partial charge < -0.3 is 9.64 Å². The lowest BCUT2D eigenvalue weighted by molar-refractivity contribution is -0.148. The Kier molecular flexibility index (Phi) is 6.07. The second-order valence-electron chi connectivity index (χ2n) is 5.64. The monoisotopic (exact) mass is 369 g/mol. The van der Waals surface area contributed by atoms with Crippen molar-refractivity contribution in [3.8, 4) is 11.8 Å². The van der Waals surface area contributed by atoms with Gasteiger partial charge in [-0.15, -0.1) is 0 Å². The van der Waals surface area contributed by atoms with Crippen LogP contribution in [0.25, 0.3) is 0 Å². The molecule has 0 N–H and O–H groups in total. The van der Waals surface area contributed by atoms with E-state index in [2.05, 4.69) is 16.6 Å². The summed E-state index contributed by atoms with van der Waals surface area (Å²) >= 11 is 5.28. The molecular formula is C18H18F3NO2S. The molecule has 7 heteroatoms. The van der Waals surface area contributed by atoms with Crippen molar-refractivity contribution in [2.45, 2.75) is 38.4 Å². The van der Waals surface area contributed by atoms with E-state index < -0.39 is 23.8 Å². The van der Waals surface area contributed by atoms with Gasteiger partial charge in [0.2, 0.25) is 0 Å². The number of thiocarbonyl (C=S) groups is 1. The first kappa shape index (κ1) is 19.3. The van der Waals surface area contributed by atoms with Crippen molar-refractivity contribution >= 4 is 23.2 Å².